The fourth-order valence-electron chi connectivity index (χ4n) is 2.36. The van der Waals surface area contributed by atoms with Gasteiger partial charge in [0.25, 0.3) is 0 Å². The van der Waals surface area contributed by atoms with Gasteiger partial charge >= 0.3 is 12.1 Å². The number of rotatable bonds is 4. The molecule has 0 amide bonds. The Balaban J connectivity index is 2.39. The lowest BCUT2D eigenvalue weighted by Crippen LogP contribution is -2.33. The number of Topliss-reactive ketones (excluding diaryl/α,β-unsaturated/α-hetero) is 1. The van der Waals surface area contributed by atoms with E-state index in [1.807, 2.05) is 0 Å². The maximum absolute atomic E-state index is 13.1. The summed E-state index contributed by atoms with van der Waals surface area (Å²) in [5.41, 5.74) is 0.429. The van der Waals surface area contributed by atoms with E-state index >= 15 is 0 Å². The quantitative estimate of drug-likeness (QED) is 0.631. The summed E-state index contributed by atoms with van der Waals surface area (Å²) in [4.78, 5) is 23.7. The van der Waals surface area contributed by atoms with Crippen molar-refractivity contribution < 1.29 is 27.5 Å². The van der Waals surface area contributed by atoms with Crippen LogP contribution >= 0.6 is 0 Å². The Bertz CT molecular complexity index is 574. The van der Waals surface area contributed by atoms with Crippen molar-refractivity contribution in [3.8, 4) is 0 Å². The zero-order chi connectivity index (χ0) is 15.8. The minimum absolute atomic E-state index is 0.0628. The molecule has 1 aromatic rings. The SMILES string of the molecule is COC(=O)c1ccc(C)c(C(=O)C(C2CC2)C(F)(F)F)c1. The lowest BCUT2D eigenvalue weighted by Gasteiger charge is -2.19. The van der Waals surface area contributed by atoms with Crippen molar-refractivity contribution in [2.75, 3.05) is 7.11 Å². The number of ether oxygens (including phenoxy) is 1. The molecule has 0 heterocycles. The molecule has 0 radical (unpaired) electrons. The smallest absolute Gasteiger partial charge is 0.399 e. The van der Waals surface area contributed by atoms with Gasteiger partial charge < -0.3 is 4.74 Å². The van der Waals surface area contributed by atoms with Crippen molar-refractivity contribution in [1.29, 1.82) is 0 Å². The van der Waals surface area contributed by atoms with Gasteiger partial charge in [0.15, 0.2) is 5.78 Å². The van der Waals surface area contributed by atoms with E-state index in [0.29, 0.717) is 18.4 Å². The Morgan fingerprint density at radius 3 is 2.38 bits per heavy atom. The van der Waals surface area contributed by atoms with E-state index in [1.54, 1.807) is 6.92 Å². The Morgan fingerprint density at radius 1 is 1.29 bits per heavy atom. The normalized spacial score (nSPS) is 16.4. The van der Waals surface area contributed by atoms with Crippen LogP contribution in [-0.2, 0) is 4.74 Å². The van der Waals surface area contributed by atoms with Crippen molar-refractivity contribution >= 4 is 11.8 Å². The van der Waals surface area contributed by atoms with E-state index in [-0.39, 0.29) is 11.1 Å². The van der Waals surface area contributed by atoms with Crippen LogP contribution in [-0.4, -0.2) is 25.0 Å². The second kappa shape index (κ2) is 5.50. The van der Waals surface area contributed by atoms with Gasteiger partial charge in [0.05, 0.1) is 12.7 Å². The molecule has 0 aliphatic heterocycles. The fraction of sp³-hybridized carbons (Fsp3) is 0.467. The molecular formula is C15H15F3O3. The average Bonchev–Trinajstić information content (AvgIpc) is 3.21. The molecule has 1 fully saturated rings. The lowest BCUT2D eigenvalue weighted by molar-refractivity contribution is -0.165. The van der Waals surface area contributed by atoms with Crippen LogP contribution in [0.3, 0.4) is 0 Å². The van der Waals surface area contributed by atoms with Crippen LogP contribution in [0.5, 0.6) is 0 Å². The number of benzene rings is 1. The van der Waals surface area contributed by atoms with Crippen molar-refractivity contribution in [1.82, 2.24) is 0 Å². The minimum atomic E-state index is -4.56. The molecule has 1 aliphatic carbocycles. The fourth-order valence-corrected chi connectivity index (χ4v) is 2.36. The standard InChI is InChI=1S/C15H15F3O3/c1-8-3-4-10(14(20)21-2)7-11(8)13(19)12(9-5-6-9)15(16,17)18/h3-4,7,9,12H,5-6H2,1-2H3. The van der Waals surface area contributed by atoms with Crippen LogP contribution in [0.2, 0.25) is 0 Å². The van der Waals surface area contributed by atoms with Gasteiger partial charge in [-0.05, 0) is 43.4 Å². The number of hydrogen-bond acceptors (Lipinski definition) is 3. The number of hydrogen-bond donors (Lipinski definition) is 0. The molecule has 1 aliphatic rings. The third-order valence-corrected chi connectivity index (χ3v) is 3.65. The van der Waals surface area contributed by atoms with Crippen LogP contribution in [0.1, 0.15) is 39.1 Å². The zero-order valence-corrected chi connectivity index (χ0v) is 11.7. The maximum atomic E-state index is 13.1. The van der Waals surface area contributed by atoms with Gasteiger partial charge in [-0.1, -0.05) is 6.07 Å². The van der Waals surface area contributed by atoms with Crippen molar-refractivity contribution in [2.45, 2.75) is 25.9 Å². The van der Waals surface area contributed by atoms with Crippen molar-refractivity contribution in [3.05, 3.63) is 34.9 Å². The summed E-state index contributed by atoms with van der Waals surface area (Å²) in [6.07, 6.45) is -3.75. The summed E-state index contributed by atoms with van der Waals surface area (Å²) < 4.78 is 43.8. The average molecular weight is 300 g/mol. The van der Waals surface area contributed by atoms with E-state index in [0.717, 1.165) is 0 Å². The highest BCUT2D eigenvalue weighted by molar-refractivity contribution is 6.02. The molecule has 1 atom stereocenters. The molecule has 1 aromatic carbocycles. The third kappa shape index (κ3) is 3.25. The third-order valence-electron chi connectivity index (χ3n) is 3.65. The predicted molar refractivity (Wildman–Crippen MR) is 69.1 cm³/mol. The second-order valence-corrected chi connectivity index (χ2v) is 5.24. The van der Waals surface area contributed by atoms with Crippen LogP contribution in [0.4, 0.5) is 13.2 Å². The van der Waals surface area contributed by atoms with Gasteiger partial charge in [-0.2, -0.15) is 13.2 Å². The van der Waals surface area contributed by atoms with E-state index in [1.165, 1.54) is 25.3 Å². The molecule has 21 heavy (non-hydrogen) atoms. The zero-order valence-electron chi connectivity index (χ0n) is 11.7. The number of carbonyl (C=O) groups is 2. The van der Waals surface area contributed by atoms with Crippen molar-refractivity contribution in [2.24, 2.45) is 11.8 Å². The van der Waals surface area contributed by atoms with Crippen LogP contribution in [0, 0.1) is 18.8 Å². The number of aryl methyl sites for hydroxylation is 1. The van der Waals surface area contributed by atoms with Gasteiger partial charge in [0.1, 0.15) is 5.92 Å². The maximum Gasteiger partial charge on any atom is 0.399 e. The highest BCUT2D eigenvalue weighted by Crippen LogP contribution is 2.46. The van der Waals surface area contributed by atoms with Crippen LogP contribution < -0.4 is 0 Å². The topological polar surface area (TPSA) is 43.4 Å². The number of ketones is 1. The molecule has 0 N–H and O–H groups in total. The van der Waals surface area contributed by atoms with Gasteiger partial charge in [0, 0.05) is 5.56 Å². The van der Waals surface area contributed by atoms with E-state index in [4.69, 9.17) is 0 Å². The molecular weight excluding hydrogens is 285 g/mol. The summed E-state index contributed by atoms with van der Waals surface area (Å²) >= 11 is 0. The number of methoxy groups -OCH3 is 1. The molecule has 0 aromatic heterocycles. The molecule has 0 saturated heterocycles. The van der Waals surface area contributed by atoms with Crippen LogP contribution in [0.15, 0.2) is 18.2 Å². The summed E-state index contributed by atoms with van der Waals surface area (Å²) in [5.74, 6) is -4.27. The number of halogens is 3. The highest BCUT2D eigenvalue weighted by atomic mass is 19.4. The van der Waals surface area contributed by atoms with E-state index in [2.05, 4.69) is 4.74 Å². The lowest BCUT2D eigenvalue weighted by atomic mass is 9.89. The number of alkyl halides is 3. The van der Waals surface area contributed by atoms with Crippen LogP contribution in [0.25, 0.3) is 0 Å². The first-order valence-corrected chi connectivity index (χ1v) is 6.55. The molecule has 6 heteroatoms. The highest BCUT2D eigenvalue weighted by Gasteiger charge is 2.53. The molecule has 0 bridgehead atoms. The first kappa shape index (κ1) is 15.5. The van der Waals surface area contributed by atoms with Gasteiger partial charge in [0.2, 0.25) is 0 Å². The summed E-state index contributed by atoms with van der Waals surface area (Å²) in [7, 11) is 1.17. The minimum Gasteiger partial charge on any atom is -0.465 e. The Morgan fingerprint density at radius 2 is 1.90 bits per heavy atom. The van der Waals surface area contributed by atoms with E-state index in [9.17, 15) is 22.8 Å². The Hall–Kier alpha value is -1.85. The second-order valence-electron chi connectivity index (χ2n) is 5.24. The molecule has 1 unspecified atom stereocenters. The monoisotopic (exact) mass is 300 g/mol. The summed E-state index contributed by atoms with van der Waals surface area (Å²) in [6.45, 7) is 1.55. The molecule has 2 rings (SSSR count). The van der Waals surface area contributed by atoms with Gasteiger partial charge in [-0.15, -0.1) is 0 Å². The Kier molecular flexibility index (Phi) is 4.07. The molecule has 0 spiro atoms. The Labute approximate surface area is 120 Å². The molecule has 3 nitrogen and oxygen atoms in total. The van der Waals surface area contributed by atoms with E-state index < -0.39 is 29.8 Å². The largest absolute Gasteiger partial charge is 0.465 e. The summed E-state index contributed by atoms with van der Waals surface area (Å²) in [5, 5.41) is 0. The first-order chi connectivity index (χ1) is 9.75. The van der Waals surface area contributed by atoms with Gasteiger partial charge in [-0.25, -0.2) is 4.79 Å². The molecule has 114 valence electrons. The molecule has 1 saturated carbocycles. The number of carbonyl (C=O) groups excluding carboxylic acids is 2. The first-order valence-electron chi connectivity index (χ1n) is 6.55. The van der Waals surface area contributed by atoms with Crippen molar-refractivity contribution in [3.63, 3.8) is 0 Å². The predicted octanol–water partition coefficient (Wildman–Crippen LogP) is 3.55. The summed E-state index contributed by atoms with van der Waals surface area (Å²) in [6, 6.07) is 4.07. The number of esters is 1. The van der Waals surface area contributed by atoms with Gasteiger partial charge in [-0.3, -0.25) is 4.79 Å².